The first-order valence-corrected chi connectivity index (χ1v) is 6.80. The van der Waals surface area contributed by atoms with Gasteiger partial charge in [-0.15, -0.1) is 0 Å². The minimum atomic E-state index is -0.142. The zero-order valence-electron chi connectivity index (χ0n) is 10.9. The van der Waals surface area contributed by atoms with Gasteiger partial charge in [0, 0.05) is 18.0 Å². The van der Waals surface area contributed by atoms with Crippen LogP contribution in [0.1, 0.15) is 0 Å². The molecule has 7 heteroatoms. The number of anilines is 2. The quantitative estimate of drug-likeness (QED) is 0.496. The Kier molecular flexibility index (Phi) is 4.78. The molecule has 6 nitrogen and oxygen atoms in total. The molecule has 1 heterocycles. The summed E-state index contributed by atoms with van der Waals surface area (Å²) >= 11 is 1.34. The van der Waals surface area contributed by atoms with Gasteiger partial charge in [-0.25, -0.2) is 9.97 Å². The number of nitrogen functional groups attached to an aromatic ring is 1. The van der Waals surface area contributed by atoms with E-state index >= 15 is 0 Å². The molecule has 2 rings (SSSR count). The van der Waals surface area contributed by atoms with Gasteiger partial charge in [-0.05, 0) is 18.2 Å². The number of hydrogen-bond acceptors (Lipinski definition) is 6. The second-order valence-electron chi connectivity index (χ2n) is 3.84. The van der Waals surface area contributed by atoms with E-state index in [0.29, 0.717) is 17.1 Å². The molecule has 0 saturated heterocycles. The van der Waals surface area contributed by atoms with Gasteiger partial charge in [0.2, 0.25) is 5.91 Å². The Balaban J connectivity index is 1.95. The van der Waals surface area contributed by atoms with Crippen LogP contribution in [0.2, 0.25) is 0 Å². The smallest absolute Gasteiger partial charge is 0.234 e. The fourth-order valence-electron chi connectivity index (χ4n) is 1.50. The average molecular weight is 290 g/mol. The van der Waals surface area contributed by atoms with E-state index < -0.39 is 0 Å². The Labute approximate surface area is 120 Å². The molecule has 0 spiro atoms. The second-order valence-corrected chi connectivity index (χ2v) is 4.84. The predicted molar refractivity (Wildman–Crippen MR) is 78.8 cm³/mol. The molecule has 1 aromatic carbocycles. The second kappa shape index (κ2) is 6.76. The number of rotatable bonds is 5. The van der Waals surface area contributed by atoms with Crippen LogP contribution < -0.4 is 15.8 Å². The molecule has 20 heavy (non-hydrogen) atoms. The zero-order chi connectivity index (χ0) is 14.4. The summed E-state index contributed by atoms with van der Waals surface area (Å²) in [5.41, 5.74) is 6.83. The van der Waals surface area contributed by atoms with E-state index in [4.69, 9.17) is 10.5 Å². The SMILES string of the molecule is COc1cc(N)ccc1NC(=O)CSc1ccncn1. The van der Waals surface area contributed by atoms with Crippen molar-refractivity contribution in [3.05, 3.63) is 36.8 Å². The van der Waals surface area contributed by atoms with Gasteiger partial charge in [0.25, 0.3) is 0 Å². The van der Waals surface area contributed by atoms with Gasteiger partial charge in [0.1, 0.15) is 12.1 Å². The minimum Gasteiger partial charge on any atom is -0.494 e. The summed E-state index contributed by atoms with van der Waals surface area (Å²) in [7, 11) is 1.53. The van der Waals surface area contributed by atoms with E-state index in [1.54, 1.807) is 30.5 Å². The van der Waals surface area contributed by atoms with Gasteiger partial charge in [-0.2, -0.15) is 0 Å². The third kappa shape index (κ3) is 3.86. The third-order valence-electron chi connectivity index (χ3n) is 2.41. The molecule has 1 amide bonds. The lowest BCUT2D eigenvalue weighted by atomic mass is 10.2. The average Bonchev–Trinajstić information content (AvgIpc) is 2.48. The number of amides is 1. The fourth-order valence-corrected chi connectivity index (χ4v) is 2.13. The van der Waals surface area contributed by atoms with Gasteiger partial charge in [-0.3, -0.25) is 4.79 Å². The van der Waals surface area contributed by atoms with Crippen molar-refractivity contribution < 1.29 is 9.53 Å². The van der Waals surface area contributed by atoms with Gasteiger partial charge in [0.15, 0.2) is 0 Å². The maximum Gasteiger partial charge on any atom is 0.234 e. The van der Waals surface area contributed by atoms with Crippen LogP contribution >= 0.6 is 11.8 Å². The van der Waals surface area contributed by atoms with Crippen LogP contribution in [0.3, 0.4) is 0 Å². The van der Waals surface area contributed by atoms with Crippen LogP contribution in [-0.2, 0) is 4.79 Å². The summed E-state index contributed by atoms with van der Waals surface area (Å²) in [4.78, 5) is 19.7. The summed E-state index contributed by atoms with van der Waals surface area (Å²) < 4.78 is 5.17. The molecular formula is C13H14N4O2S. The normalized spacial score (nSPS) is 10.1. The molecule has 0 radical (unpaired) electrons. The number of aromatic nitrogens is 2. The number of methoxy groups -OCH3 is 1. The summed E-state index contributed by atoms with van der Waals surface area (Å²) in [6, 6.07) is 6.83. The van der Waals surface area contributed by atoms with Crippen molar-refractivity contribution in [3.63, 3.8) is 0 Å². The summed E-state index contributed by atoms with van der Waals surface area (Å²) in [5.74, 6) is 0.645. The summed E-state index contributed by atoms with van der Waals surface area (Å²) in [6.07, 6.45) is 3.08. The van der Waals surface area contributed by atoms with Crippen molar-refractivity contribution in [2.24, 2.45) is 0 Å². The van der Waals surface area contributed by atoms with E-state index in [0.717, 1.165) is 5.03 Å². The van der Waals surface area contributed by atoms with Crippen LogP contribution in [0, 0.1) is 0 Å². The summed E-state index contributed by atoms with van der Waals surface area (Å²) in [5, 5.41) is 3.52. The number of thioether (sulfide) groups is 1. The summed E-state index contributed by atoms with van der Waals surface area (Å²) in [6.45, 7) is 0. The number of benzene rings is 1. The maximum absolute atomic E-state index is 11.9. The standard InChI is InChI=1S/C13H14N4O2S/c1-19-11-6-9(14)2-3-10(11)17-12(18)7-20-13-4-5-15-8-16-13/h2-6,8H,7,14H2,1H3,(H,17,18). The van der Waals surface area contributed by atoms with Crippen LogP contribution in [0.5, 0.6) is 5.75 Å². The zero-order valence-corrected chi connectivity index (χ0v) is 11.7. The van der Waals surface area contributed by atoms with E-state index in [2.05, 4.69) is 15.3 Å². The highest BCUT2D eigenvalue weighted by molar-refractivity contribution is 7.99. The maximum atomic E-state index is 11.9. The Morgan fingerprint density at radius 3 is 3.00 bits per heavy atom. The van der Waals surface area contributed by atoms with E-state index in [1.807, 2.05) is 0 Å². The number of nitrogens with zero attached hydrogens (tertiary/aromatic N) is 2. The highest BCUT2D eigenvalue weighted by Gasteiger charge is 2.08. The van der Waals surface area contributed by atoms with Crippen molar-refractivity contribution >= 4 is 29.0 Å². The van der Waals surface area contributed by atoms with Crippen molar-refractivity contribution in [1.82, 2.24) is 9.97 Å². The van der Waals surface area contributed by atoms with E-state index in [9.17, 15) is 4.79 Å². The van der Waals surface area contributed by atoms with E-state index in [1.165, 1.54) is 25.2 Å². The predicted octanol–water partition coefficient (Wildman–Crippen LogP) is 1.80. The molecule has 0 fully saturated rings. The topological polar surface area (TPSA) is 90.1 Å². The lowest BCUT2D eigenvalue weighted by Gasteiger charge is -2.10. The molecule has 0 bridgehead atoms. The minimum absolute atomic E-state index is 0.142. The molecule has 0 aliphatic carbocycles. The van der Waals surface area contributed by atoms with Crippen molar-refractivity contribution in [2.45, 2.75) is 5.03 Å². The molecule has 0 saturated carbocycles. The van der Waals surface area contributed by atoms with Crippen LogP contribution in [0.4, 0.5) is 11.4 Å². The Morgan fingerprint density at radius 1 is 1.45 bits per heavy atom. The molecule has 0 atom stereocenters. The first kappa shape index (κ1) is 14.1. The number of ether oxygens (including phenoxy) is 1. The molecule has 0 aliphatic heterocycles. The lowest BCUT2D eigenvalue weighted by Crippen LogP contribution is -2.14. The van der Waals surface area contributed by atoms with Crippen molar-refractivity contribution in [2.75, 3.05) is 23.9 Å². The molecule has 0 unspecified atom stereocenters. The fraction of sp³-hybridized carbons (Fsp3) is 0.154. The highest BCUT2D eigenvalue weighted by atomic mass is 32.2. The van der Waals surface area contributed by atoms with Gasteiger partial charge in [0.05, 0.1) is 23.6 Å². The Morgan fingerprint density at radius 2 is 2.30 bits per heavy atom. The Bertz CT molecular complexity index is 592. The number of nitrogens with one attached hydrogen (secondary N) is 1. The first-order valence-electron chi connectivity index (χ1n) is 5.81. The van der Waals surface area contributed by atoms with Crippen LogP contribution in [0.25, 0.3) is 0 Å². The van der Waals surface area contributed by atoms with Gasteiger partial charge in [-0.1, -0.05) is 11.8 Å². The molecule has 3 N–H and O–H groups in total. The van der Waals surface area contributed by atoms with Gasteiger partial charge < -0.3 is 15.8 Å². The Hall–Kier alpha value is -2.28. The van der Waals surface area contributed by atoms with Crippen LogP contribution in [-0.4, -0.2) is 28.7 Å². The molecular weight excluding hydrogens is 276 g/mol. The van der Waals surface area contributed by atoms with E-state index in [-0.39, 0.29) is 11.7 Å². The monoisotopic (exact) mass is 290 g/mol. The molecule has 0 aliphatic rings. The number of carbonyl (C=O) groups excluding carboxylic acids is 1. The van der Waals surface area contributed by atoms with Crippen molar-refractivity contribution in [3.8, 4) is 5.75 Å². The first-order chi connectivity index (χ1) is 9.69. The lowest BCUT2D eigenvalue weighted by molar-refractivity contribution is -0.113. The van der Waals surface area contributed by atoms with Crippen molar-refractivity contribution in [1.29, 1.82) is 0 Å². The molecule has 1 aromatic heterocycles. The molecule has 2 aromatic rings. The highest BCUT2D eigenvalue weighted by Crippen LogP contribution is 2.26. The number of hydrogen-bond donors (Lipinski definition) is 2. The molecule has 104 valence electrons. The third-order valence-corrected chi connectivity index (χ3v) is 3.35. The largest absolute Gasteiger partial charge is 0.494 e. The van der Waals surface area contributed by atoms with Crippen LogP contribution in [0.15, 0.2) is 41.8 Å². The number of carbonyl (C=O) groups is 1. The van der Waals surface area contributed by atoms with Gasteiger partial charge >= 0.3 is 0 Å². The number of nitrogens with two attached hydrogens (primary N) is 1.